The SMILES string of the molecule is CCCCC(=O)Nc1cncc(-c2cnc3c(c2)c(C=O)nn3C2CCCCO2)c1. The minimum absolute atomic E-state index is 0.0265. The van der Waals surface area contributed by atoms with Crippen molar-refractivity contribution in [2.75, 3.05) is 11.9 Å². The molecular weight excluding hydrogens is 382 g/mol. The van der Waals surface area contributed by atoms with Crippen LogP contribution >= 0.6 is 0 Å². The molecule has 0 radical (unpaired) electrons. The highest BCUT2D eigenvalue weighted by atomic mass is 16.5. The van der Waals surface area contributed by atoms with Crippen LogP contribution in [0.25, 0.3) is 22.2 Å². The van der Waals surface area contributed by atoms with Crippen LogP contribution in [0.2, 0.25) is 0 Å². The lowest BCUT2D eigenvalue weighted by molar-refractivity contribution is -0.116. The zero-order valence-corrected chi connectivity index (χ0v) is 17.0. The van der Waals surface area contributed by atoms with Gasteiger partial charge in [-0.3, -0.25) is 14.6 Å². The summed E-state index contributed by atoms with van der Waals surface area (Å²) in [5, 5.41) is 8.00. The number of carbonyl (C=O) groups is 2. The topological polar surface area (TPSA) is 99.0 Å². The highest BCUT2D eigenvalue weighted by Gasteiger charge is 2.22. The lowest BCUT2D eigenvalue weighted by Gasteiger charge is -2.22. The highest BCUT2D eigenvalue weighted by molar-refractivity contribution is 5.96. The summed E-state index contributed by atoms with van der Waals surface area (Å²) in [7, 11) is 0. The number of aldehydes is 1. The van der Waals surface area contributed by atoms with Gasteiger partial charge in [0.2, 0.25) is 5.91 Å². The van der Waals surface area contributed by atoms with Crippen molar-refractivity contribution in [3.8, 4) is 11.1 Å². The summed E-state index contributed by atoms with van der Waals surface area (Å²) in [5.41, 5.74) is 3.20. The van der Waals surface area contributed by atoms with E-state index in [-0.39, 0.29) is 12.1 Å². The molecule has 0 saturated carbocycles. The van der Waals surface area contributed by atoms with Crippen LogP contribution in [-0.4, -0.2) is 38.5 Å². The molecule has 0 aliphatic carbocycles. The minimum atomic E-state index is -0.198. The van der Waals surface area contributed by atoms with E-state index >= 15 is 0 Å². The largest absolute Gasteiger partial charge is 0.356 e. The average molecular weight is 407 g/mol. The normalized spacial score (nSPS) is 16.5. The summed E-state index contributed by atoms with van der Waals surface area (Å²) in [6.07, 6.45) is 10.9. The van der Waals surface area contributed by atoms with Crippen LogP contribution in [0.4, 0.5) is 5.69 Å². The Morgan fingerprint density at radius 2 is 2.13 bits per heavy atom. The third kappa shape index (κ3) is 4.23. The number of nitrogens with one attached hydrogen (secondary N) is 1. The van der Waals surface area contributed by atoms with Crippen LogP contribution in [0, 0.1) is 0 Å². The monoisotopic (exact) mass is 407 g/mol. The second-order valence-electron chi connectivity index (χ2n) is 7.48. The van der Waals surface area contributed by atoms with Gasteiger partial charge in [0.15, 0.2) is 18.2 Å². The lowest BCUT2D eigenvalue weighted by atomic mass is 10.1. The number of pyridine rings is 2. The van der Waals surface area contributed by atoms with Gasteiger partial charge in [0.25, 0.3) is 0 Å². The molecule has 1 aliphatic heterocycles. The first-order chi connectivity index (χ1) is 14.7. The number of ether oxygens (including phenoxy) is 1. The molecule has 4 rings (SSSR count). The van der Waals surface area contributed by atoms with Gasteiger partial charge in [-0.1, -0.05) is 13.3 Å². The van der Waals surface area contributed by atoms with E-state index in [2.05, 4.69) is 27.3 Å². The fourth-order valence-corrected chi connectivity index (χ4v) is 3.64. The molecular formula is C22H25N5O3. The Balaban J connectivity index is 1.64. The van der Waals surface area contributed by atoms with Crippen molar-refractivity contribution in [2.45, 2.75) is 51.7 Å². The summed E-state index contributed by atoms with van der Waals surface area (Å²) >= 11 is 0. The number of anilines is 1. The van der Waals surface area contributed by atoms with Gasteiger partial charge >= 0.3 is 0 Å². The quantitative estimate of drug-likeness (QED) is 0.591. The van der Waals surface area contributed by atoms with Gasteiger partial charge in [-0.15, -0.1) is 0 Å². The zero-order valence-electron chi connectivity index (χ0n) is 17.0. The Bertz CT molecular complexity index is 1060. The molecule has 4 heterocycles. The second kappa shape index (κ2) is 9.13. The zero-order chi connectivity index (χ0) is 20.9. The van der Waals surface area contributed by atoms with Gasteiger partial charge in [-0.05, 0) is 37.8 Å². The Kier molecular flexibility index (Phi) is 6.13. The van der Waals surface area contributed by atoms with E-state index in [0.29, 0.717) is 35.4 Å². The number of rotatable bonds is 7. The van der Waals surface area contributed by atoms with E-state index in [0.717, 1.165) is 49.5 Å². The van der Waals surface area contributed by atoms with E-state index in [1.165, 1.54) is 0 Å². The molecule has 1 fully saturated rings. The lowest BCUT2D eigenvalue weighted by Crippen LogP contribution is -2.19. The van der Waals surface area contributed by atoms with E-state index in [1.807, 2.05) is 12.1 Å². The van der Waals surface area contributed by atoms with E-state index in [9.17, 15) is 9.59 Å². The highest BCUT2D eigenvalue weighted by Crippen LogP contribution is 2.30. The smallest absolute Gasteiger partial charge is 0.224 e. The molecule has 1 N–H and O–H groups in total. The third-order valence-corrected chi connectivity index (χ3v) is 5.23. The Morgan fingerprint density at radius 3 is 2.90 bits per heavy atom. The van der Waals surface area contributed by atoms with Crippen molar-refractivity contribution in [3.05, 3.63) is 36.4 Å². The fraction of sp³-hybridized carbons (Fsp3) is 0.409. The number of hydrogen-bond donors (Lipinski definition) is 1. The minimum Gasteiger partial charge on any atom is -0.356 e. The number of unbranched alkanes of at least 4 members (excludes halogenated alkanes) is 1. The number of nitrogens with zero attached hydrogens (tertiary/aromatic N) is 4. The van der Waals surface area contributed by atoms with Crippen molar-refractivity contribution >= 4 is 28.9 Å². The first kappa shape index (κ1) is 20.2. The summed E-state index contributed by atoms with van der Waals surface area (Å²) in [6, 6.07) is 3.74. The summed E-state index contributed by atoms with van der Waals surface area (Å²) < 4.78 is 7.53. The van der Waals surface area contributed by atoms with Crippen molar-refractivity contribution < 1.29 is 14.3 Å². The molecule has 8 heteroatoms. The maximum absolute atomic E-state index is 12.0. The Morgan fingerprint density at radius 1 is 1.27 bits per heavy atom. The van der Waals surface area contributed by atoms with E-state index in [1.54, 1.807) is 23.3 Å². The molecule has 8 nitrogen and oxygen atoms in total. The van der Waals surface area contributed by atoms with E-state index < -0.39 is 0 Å². The molecule has 3 aromatic rings. The van der Waals surface area contributed by atoms with Gasteiger partial charge in [-0.2, -0.15) is 5.10 Å². The molecule has 156 valence electrons. The predicted octanol–water partition coefficient (Wildman–Crippen LogP) is 4.13. The Labute approximate surface area is 174 Å². The van der Waals surface area contributed by atoms with Gasteiger partial charge in [0.05, 0.1) is 17.3 Å². The molecule has 30 heavy (non-hydrogen) atoms. The van der Waals surface area contributed by atoms with Gasteiger partial charge < -0.3 is 10.1 Å². The number of amides is 1. The van der Waals surface area contributed by atoms with Crippen LogP contribution in [0.15, 0.2) is 30.7 Å². The van der Waals surface area contributed by atoms with Crippen molar-refractivity contribution in [2.24, 2.45) is 0 Å². The first-order valence-electron chi connectivity index (χ1n) is 10.4. The second-order valence-corrected chi connectivity index (χ2v) is 7.48. The van der Waals surface area contributed by atoms with Crippen molar-refractivity contribution in [1.29, 1.82) is 0 Å². The van der Waals surface area contributed by atoms with Gasteiger partial charge in [0, 0.05) is 36.5 Å². The molecule has 1 saturated heterocycles. The third-order valence-electron chi connectivity index (χ3n) is 5.23. The van der Waals surface area contributed by atoms with Crippen LogP contribution < -0.4 is 5.32 Å². The number of aromatic nitrogens is 4. The van der Waals surface area contributed by atoms with Crippen molar-refractivity contribution in [3.63, 3.8) is 0 Å². The van der Waals surface area contributed by atoms with Crippen LogP contribution in [-0.2, 0) is 9.53 Å². The molecule has 0 bridgehead atoms. The van der Waals surface area contributed by atoms with Gasteiger partial charge in [-0.25, -0.2) is 9.67 Å². The maximum Gasteiger partial charge on any atom is 0.224 e. The van der Waals surface area contributed by atoms with Crippen molar-refractivity contribution in [1.82, 2.24) is 19.7 Å². The van der Waals surface area contributed by atoms with Gasteiger partial charge in [0.1, 0.15) is 5.69 Å². The van der Waals surface area contributed by atoms with Crippen LogP contribution in [0.5, 0.6) is 0 Å². The molecule has 1 amide bonds. The standard InChI is InChI=1S/C22H25N5O3/c1-2-3-6-20(29)25-17-9-15(11-23-13-17)16-10-18-19(14-28)26-27(22(18)24-12-16)21-7-4-5-8-30-21/h9-14,21H,2-8H2,1H3,(H,25,29). The maximum atomic E-state index is 12.0. The molecule has 1 unspecified atom stereocenters. The fourth-order valence-electron chi connectivity index (χ4n) is 3.64. The first-order valence-corrected chi connectivity index (χ1v) is 10.4. The Hall–Kier alpha value is -3.13. The van der Waals surface area contributed by atoms with Crippen LogP contribution in [0.1, 0.15) is 62.2 Å². The van der Waals surface area contributed by atoms with E-state index in [4.69, 9.17) is 4.74 Å². The number of fused-ring (bicyclic) bond motifs is 1. The molecule has 0 spiro atoms. The molecule has 0 aromatic carbocycles. The predicted molar refractivity (Wildman–Crippen MR) is 113 cm³/mol. The molecule has 1 atom stereocenters. The number of carbonyl (C=O) groups excluding carboxylic acids is 2. The molecule has 1 aliphatic rings. The summed E-state index contributed by atoms with van der Waals surface area (Å²) in [5.74, 6) is -0.0265. The number of hydrogen-bond acceptors (Lipinski definition) is 6. The van der Waals surface area contributed by atoms with Crippen LogP contribution in [0.3, 0.4) is 0 Å². The summed E-state index contributed by atoms with van der Waals surface area (Å²) in [6.45, 7) is 2.73. The summed E-state index contributed by atoms with van der Waals surface area (Å²) in [4.78, 5) is 32.5. The average Bonchev–Trinajstić information content (AvgIpc) is 3.16. The molecule has 3 aromatic heterocycles.